The van der Waals surface area contributed by atoms with Crippen molar-refractivity contribution in [2.75, 3.05) is 34.9 Å². The number of benzene rings is 4. The Hall–Kier alpha value is -4.26. The Bertz CT molecular complexity index is 1630. The summed E-state index contributed by atoms with van der Waals surface area (Å²) in [6.45, 7) is 0.685. The first-order chi connectivity index (χ1) is 19.4. The molecule has 4 aromatic carbocycles. The van der Waals surface area contributed by atoms with Crippen molar-refractivity contribution in [1.29, 1.82) is 0 Å². The summed E-state index contributed by atoms with van der Waals surface area (Å²) < 4.78 is 5.92. The number of rotatable bonds is 10. The molecule has 0 bridgehead atoms. The summed E-state index contributed by atoms with van der Waals surface area (Å²) in [6.07, 6.45) is 2.16. The van der Waals surface area contributed by atoms with Crippen molar-refractivity contribution >= 4 is 27.9 Å². The van der Waals surface area contributed by atoms with E-state index in [0.717, 1.165) is 43.9 Å². The average molecular weight is 534 g/mol. The van der Waals surface area contributed by atoms with E-state index in [0.29, 0.717) is 18.8 Å². The number of nitrogens with zero attached hydrogens (tertiary/aromatic N) is 3. The molecule has 0 aliphatic carbocycles. The van der Waals surface area contributed by atoms with Gasteiger partial charge in [0, 0.05) is 23.4 Å². The van der Waals surface area contributed by atoms with Gasteiger partial charge in [-0.05, 0) is 66.2 Å². The number of aromatic nitrogens is 1. The minimum absolute atomic E-state index is 0.470. The normalized spacial score (nSPS) is 14.1. The lowest BCUT2D eigenvalue weighted by atomic mass is 9.70. The van der Waals surface area contributed by atoms with E-state index in [9.17, 15) is 5.11 Å². The van der Waals surface area contributed by atoms with Gasteiger partial charge in [0.1, 0.15) is 12.7 Å². The largest absolute Gasteiger partial charge is 0.481 e. The lowest BCUT2D eigenvalue weighted by Gasteiger charge is -2.39. The van der Waals surface area contributed by atoms with Crippen molar-refractivity contribution in [3.8, 4) is 5.88 Å². The van der Waals surface area contributed by atoms with Gasteiger partial charge in [-0.2, -0.15) is 0 Å². The predicted molar refractivity (Wildman–Crippen MR) is 162 cm³/mol. The topological polar surface area (TPSA) is 67.2 Å². The van der Waals surface area contributed by atoms with Crippen LogP contribution in [-0.2, 0) is 10.4 Å². The van der Waals surface area contributed by atoms with Crippen LogP contribution in [0.4, 0.5) is 0 Å². The SMILES string of the molecule is CO/N=C/c1ccc2nc(OC)c([C@@H](c3ccccc3)[C@](O)(CCN(C)C)c3cccc4ccccc34)cc2c1. The molecule has 0 aliphatic rings. The highest BCUT2D eigenvalue weighted by Crippen LogP contribution is 2.48. The van der Waals surface area contributed by atoms with Crippen molar-refractivity contribution in [3.63, 3.8) is 0 Å². The monoisotopic (exact) mass is 533 g/mol. The summed E-state index contributed by atoms with van der Waals surface area (Å²) in [5.41, 5.74) is 3.07. The second kappa shape index (κ2) is 11.9. The zero-order valence-corrected chi connectivity index (χ0v) is 23.4. The summed E-state index contributed by atoms with van der Waals surface area (Å²) >= 11 is 0. The van der Waals surface area contributed by atoms with Crippen LogP contribution >= 0.6 is 0 Å². The maximum absolute atomic E-state index is 13.1. The fraction of sp³-hybridized carbons (Fsp3) is 0.235. The molecule has 0 saturated carbocycles. The van der Waals surface area contributed by atoms with Crippen molar-refractivity contribution < 1.29 is 14.7 Å². The van der Waals surface area contributed by atoms with E-state index in [1.165, 1.54) is 7.11 Å². The van der Waals surface area contributed by atoms with Gasteiger partial charge in [0.05, 0.1) is 18.8 Å². The summed E-state index contributed by atoms with van der Waals surface area (Å²) in [4.78, 5) is 11.9. The minimum atomic E-state index is -1.29. The number of ether oxygens (including phenoxy) is 1. The molecule has 6 nitrogen and oxygen atoms in total. The summed E-state index contributed by atoms with van der Waals surface area (Å²) in [7, 11) is 7.22. The summed E-state index contributed by atoms with van der Waals surface area (Å²) in [5, 5.41) is 20.1. The van der Waals surface area contributed by atoms with Crippen LogP contribution in [0.15, 0.2) is 102 Å². The number of hydrogen-bond acceptors (Lipinski definition) is 6. The number of hydrogen-bond donors (Lipinski definition) is 1. The number of aliphatic hydroxyl groups is 1. The van der Waals surface area contributed by atoms with Crippen LogP contribution in [0.2, 0.25) is 0 Å². The number of oxime groups is 1. The summed E-state index contributed by atoms with van der Waals surface area (Å²) in [5.74, 6) is 0.0192. The van der Waals surface area contributed by atoms with E-state index in [1.807, 2.05) is 74.8 Å². The molecule has 0 unspecified atom stereocenters. The van der Waals surface area contributed by atoms with Crippen LogP contribution in [0.25, 0.3) is 21.7 Å². The van der Waals surface area contributed by atoms with Gasteiger partial charge in [0.15, 0.2) is 0 Å². The van der Waals surface area contributed by atoms with Gasteiger partial charge >= 0.3 is 0 Å². The highest BCUT2D eigenvalue weighted by atomic mass is 16.6. The highest BCUT2D eigenvalue weighted by Gasteiger charge is 2.43. The third-order valence-electron chi connectivity index (χ3n) is 7.45. The third kappa shape index (κ3) is 5.41. The van der Waals surface area contributed by atoms with Crippen molar-refractivity contribution in [2.24, 2.45) is 5.16 Å². The predicted octanol–water partition coefficient (Wildman–Crippen LogP) is 6.35. The van der Waals surface area contributed by atoms with Gasteiger partial charge < -0.3 is 19.6 Å². The molecule has 0 aliphatic heterocycles. The Morgan fingerprint density at radius 3 is 2.40 bits per heavy atom. The minimum Gasteiger partial charge on any atom is -0.481 e. The van der Waals surface area contributed by atoms with Gasteiger partial charge in [-0.25, -0.2) is 4.98 Å². The van der Waals surface area contributed by atoms with E-state index in [4.69, 9.17) is 14.6 Å². The van der Waals surface area contributed by atoms with Crippen molar-refractivity contribution in [1.82, 2.24) is 9.88 Å². The average Bonchev–Trinajstić information content (AvgIpc) is 2.99. The van der Waals surface area contributed by atoms with Crippen molar-refractivity contribution in [2.45, 2.75) is 17.9 Å². The first kappa shape index (κ1) is 27.3. The van der Waals surface area contributed by atoms with Crippen LogP contribution < -0.4 is 4.74 Å². The number of methoxy groups -OCH3 is 1. The first-order valence-corrected chi connectivity index (χ1v) is 13.4. The molecule has 1 N–H and O–H groups in total. The standard InChI is InChI=1S/C34H35N3O3/c1-37(2)20-19-34(38,30-16-10-14-25-11-8-9-15-28(25)30)32(26-12-6-5-7-13-26)29-22-27-21-24(23-35-40-4)17-18-31(27)36-33(29)39-3/h5-18,21-23,32,38H,19-20H2,1-4H3/b35-23+/t32-,34+/m1/s1. The molecule has 204 valence electrons. The fourth-order valence-corrected chi connectivity index (χ4v) is 5.55. The van der Waals surface area contributed by atoms with Crippen molar-refractivity contribution in [3.05, 3.63) is 119 Å². The van der Waals surface area contributed by atoms with E-state index < -0.39 is 11.5 Å². The third-order valence-corrected chi connectivity index (χ3v) is 7.45. The molecule has 6 heteroatoms. The lowest BCUT2D eigenvalue weighted by molar-refractivity contribution is 0.00520. The molecule has 0 fully saturated rings. The van der Waals surface area contributed by atoms with Gasteiger partial charge in [0.25, 0.3) is 0 Å². The molecule has 5 rings (SSSR count). The molecule has 1 heterocycles. The van der Waals surface area contributed by atoms with Gasteiger partial charge in [-0.15, -0.1) is 0 Å². The lowest BCUT2D eigenvalue weighted by Crippen LogP contribution is -2.38. The maximum Gasteiger partial charge on any atom is 0.217 e. The molecule has 5 aromatic rings. The van der Waals surface area contributed by atoms with Gasteiger partial charge in [0.2, 0.25) is 5.88 Å². The molecular weight excluding hydrogens is 498 g/mol. The van der Waals surface area contributed by atoms with E-state index >= 15 is 0 Å². The molecular formula is C34H35N3O3. The molecule has 1 aromatic heterocycles. The zero-order chi connectivity index (χ0) is 28.1. The fourth-order valence-electron chi connectivity index (χ4n) is 5.55. The number of fused-ring (bicyclic) bond motifs is 2. The summed E-state index contributed by atoms with van der Waals surface area (Å²) in [6, 6.07) is 32.5. The Kier molecular flexibility index (Phi) is 8.10. The zero-order valence-electron chi connectivity index (χ0n) is 23.4. The number of pyridine rings is 1. The Morgan fingerprint density at radius 2 is 1.65 bits per heavy atom. The smallest absolute Gasteiger partial charge is 0.217 e. The second-order valence-electron chi connectivity index (χ2n) is 10.3. The van der Waals surface area contributed by atoms with E-state index in [-0.39, 0.29) is 0 Å². The molecule has 0 radical (unpaired) electrons. The van der Waals surface area contributed by atoms with Crippen LogP contribution in [0.5, 0.6) is 5.88 Å². The van der Waals surface area contributed by atoms with Crippen LogP contribution in [-0.4, -0.2) is 56.1 Å². The molecule has 0 spiro atoms. The van der Waals surface area contributed by atoms with E-state index in [2.05, 4.69) is 46.5 Å². The van der Waals surface area contributed by atoms with Gasteiger partial charge in [-0.3, -0.25) is 0 Å². The first-order valence-electron chi connectivity index (χ1n) is 13.4. The van der Waals surface area contributed by atoms with Crippen LogP contribution in [0.1, 0.15) is 34.6 Å². The van der Waals surface area contributed by atoms with E-state index in [1.54, 1.807) is 13.3 Å². The second-order valence-corrected chi connectivity index (χ2v) is 10.3. The Labute approximate surface area is 235 Å². The van der Waals surface area contributed by atoms with Crippen LogP contribution in [0.3, 0.4) is 0 Å². The Balaban J connectivity index is 1.81. The molecule has 2 atom stereocenters. The maximum atomic E-state index is 13.1. The molecule has 0 saturated heterocycles. The van der Waals surface area contributed by atoms with Crippen LogP contribution in [0, 0.1) is 0 Å². The van der Waals surface area contributed by atoms with Gasteiger partial charge in [-0.1, -0.05) is 84.0 Å². The Morgan fingerprint density at radius 1 is 0.900 bits per heavy atom. The highest BCUT2D eigenvalue weighted by molar-refractivity contribution is 5.90. The molecule has 0 amide bonds. The quantitative estimate of drug-likeness (QED) is 0.167. The molecule has 40 heavy (non-hydrogen) atoms.